The van der Waals surface area contributed by atoms with E-state index in [1.807, 2.05) is 24.3 Å². The SMILES string of the molecule is N#CC1=C(N)Oc2cc(OC(=O)c3ccccc3[N+](=O)[O-])ccc2C1c1ccccc1Br. The molecule has 1 unspecified atom stereocenters. The third-order valence-corrected chi connectivity index (χ3v) is 5.66. The van der Waals surface area contributed by atoms with Crippen molar-refractivity contribution in [2.75, 3.05) is 0 Å². The summed E-state index contributed by atoms with van der Waals surface area (Å²) in [6, 6.07) is 19.7. The molecule has 0 spiro atoms. The highest BCUT2D eigenvalue weighted by molar-refractivity contribution is 9.10. The summed E-state index contributed by atoms with van der Waals surface area (Å²) in [5.41, 5.74) is 7.23. The standard InChI is InChI=1S/C23H14BrN3O5/c24-18-7-3-1-5-14(18)21-16-10-9-13(11-20(16)32-22(26)17(21)12-25)31-23(28)15-6-2-4-8-19(15)27(29)30/h1-11,21H,26H2. The number of ether oxygens (including phenoxy) is 2. The zero-order chi connectivity index (χ0) is 22.8. The Labute approximate surface area is 190 Å². The fraction of sp³-hybridized carbons (Fsp3) is 0.0435. The van der Waals surface area contributed by atoms with Gasteiger partial charge in [-0.1, -0.05) is 52.3 Å². The molecule has 9 heteroatoms. The molecule has 2 N–H and O–H groups in total. The molecule has 0 amide bonds. The van der Waals surface area contributed by atoms with E-state index >= 15 is 0 Å². The van der Waals surface area contributed by atoms with Crippen molar-refractivity contribution in [3.8, 4) is 17.6 Å². The van der Waals surface area contributed by atoms with Gasteiger partial charge in [0.25, 0.3) is 5.69 Å². The minimum Gasteiger partial charge on any atom is -0.440 e. The lowest BCUT2D eigenvalue weighted by Crippen LogP contribution is -2.21. The molecule has 1 aliphatic rings. The Morgan fingerprint density at radius 2 is 1.84 bits per heavy atom. The number of nitriles is 1. The van der Waals surface area contributed by atoms with Crippen LogP contribution in [0.4, 0.5) is 5.69 Å². The number of rotatable bonds is 4. The van der Waals surface area contributed by atoms with Crippen LogP contribution in [0.15, 0.2) is 82.7 Å². The first-order chi connectivity index (χ1) is 15.4. The average molecular weight is 492 g/mol. The van der Waals surface area contributed by atoms with E-state index in [4.69, 9.17) is 15.2 Å². The molecule has 0 bridgehead atoms. The van der Waals surface area contributed by atoms with E-state index in [0.29, 0.717) is 11.3 Å². The summed E-state index contributed by atoms with van der Waals surface area (Å²) in [6.07, 6.45) is 0. The second-order valence-electron chi connectivity index (χ2n) is 6.81. The highest BCUT2D eigenvalue weighted by Gasteiger charge is 2.32. The predicted octanol–water partition coefficient (Wildman–Crippen LogP) is 4.79. The molecule has 0 aromatic heterocycles. The molecule has 1 aliphatic heterocycles. The Balaban J connectivity index is 1.72. The van der Waals surface area contributed by atoms with Crippen molar-refractivity contribution in [1.82, 2.24) is 0 Å². The Kier molecular flexibility index (Phi) is 5.62. The Bertz CT molecular complexity index is 1330. The topological polar surface area (TPSA) is 128 Å². The minimum atomic E-state index is -0.878. The van der Waals surface area contributed by atoms with E-state index < -0.39 is 16.8 Å². The lowest BCUT2D eigenvalue weighted by atomic mass is 9.83. The molecular formula is C23H14BrN3O5. The number of nitrogens with two attached hydrogens (primary N) is 1. The Morgan fingerprint density at radius 1 is 1.12 bits per heavy atom. The number of allylic oxidation sites excluding steroid dienone is 1. The largest absolute Gasteiger partial charge is 0.440 e. The second-order valence-corrected chi connectivity index (χ2v) is 7.66. The molecule has 4 rings (SSSR count). The van der Waals surface area contributed by atoms with Crippen LogP contribution in [0.2, 0.25) is 0 Å². The molecule has 8 nitrogen and oxygen atoms in total. The molecule has 0 aliphatic carbocycles. The molecule has 1 atom stereocenters. The first kappa shape index (κ1) is 21.1. The summed E-state index contributed by atoms with van der Waals surface area (Å²) >= 11 is 3.51. The smallest absolute Gasteiger partial charge is 0.350 e. The third-order valence-electron chi connectivity index (χ3n) is 4.94. The van der Waals surface area contributed by atoms with Crippen LogP contribution in [0.5, 0.6) is 11.5 Å². The van der Waals surface area contributed by atoms with E-state index in [-0.39, 0.29) is 28.5 Å². The zero-order valence-corrected chi connectivity index (χ0v) is 17.9. The summed E-state index contributed by atoms with van der Waals surface area (Å²) in [6.45, 7) is 0. The van der Waals surface area contributed by atoms with E-state index in [2.05, 4.69) is 22.0 Å². The highest BCUT2D eigenvalue weighted by atomic mass is 79.9. The van der Waals surface area contributed by atoms with Gasteiger partial charge < -0.3 is 15.2 Å². The number of nitro benzene ring substituents is 1. The van der Waals surface area contributed by atoms with Crippen LogP contribution in [0.1, 0.15) is 27.4 Å². The lowest BCUT2D eigenvalue weighted by molar-refractivity contribution is -0.385. The van der Waals surface area contributed by atoms with Crippen LogP contribution in [-0.4, -0.2) is 10.9 Å². The number of hydrogen-bond donors (Lipinski definition) is 1. The summed E-state index contributed by atoms with van der Waals surface area (Å²) in [4.78, 5) is 23.1. The maximum absolute atomic E-state index is 12.5. The molecule has 3 aromatic rings. The van der Waals surface area contributed by atoms with Crippen LogP contribution < -0.4 is 15.2 Å². The first-order valence-electron chi connectivity index (χ1n) is 9.32. The number of carbonyl (C=O) groups excluding carboxylic acids is 1. The van der Waals surface area contributed by atoms with Gasteiger partial charge in [-0.3, -0.25) is 10.1 Å². The molecule has 0 radical (unpaired) electrons. The monoisotopic (exact) mass is 491 g/mol. The van der Waals surface area contributed by atoms with Gasteiger partial charge in [0.15, 0.2) is 0 Å². The van der Waals surface area contributed by atoms with Crippen LogP contribution in [0.3, 0.4) is 0 Å². The number of carbonyl (C=O) groups is 1. The molecule has 0 saturated heterocycles. The number of esters is 1. The highest BCUT2D eigenvalue weighted by Crippen LogP contribution is 2.45. The van der Waals surface area contributed by atoms with Crippen LogP contribution in [0, 0.1) is 21.4 Å². The normalized spacial score (nSPS) is 14.7. The number of nitrogens with zero attached hydrogens (tertiary/aromatic N) is 2. The van der Waals surface area contributed by atoms with Gasteiger partial charge in [-0.25, -0.2) is 4.79 Å². The van der Waals surface area contributed by atoms with Crippen molar-refractivity contribution in [1.29, 1.82) is 5.26 Å². The maximum Gasteiger partial charge on any atom is 0.350 e. The van der Waals surface area contributed by atoms with Crippen LogP contribution >= 0.6 is 15.9 Å². The van der Waals surface area contributed by atoms with Gasteiger partial charge in [0.2, 0.25) is 5.88 Å². The molecule has 0 saturated carbocycles. The van der Waals surface area contributed by atoms with Gasteiger partial charge in [-0.05, 0) is 23.8 Å². The molecule has 0 fully saturated rings. The van der Waals surface area contributed by atoms with Crippen molar-refractivity contribution in [2.45, 2.75) is 5.92 Å². The van der Waals surface area contributed by atoms with Crippen molar-refractivity contribution < 1.29 is 19.2 Å². The molecular weight excluding hydrogens is 478 g/mol. The third kappa shape index (κ3) is 3.79. The number of fused-ring (bicyclic) bond motifs is 1. The minimum absolute atomic E-state index is 0.0528. The molecule has 32 heavy (non-hydrogen) atoms. The summed E-state index contributed by atoms with van der Waals surface area (Å²) in [7, 11) is 0. The Hall–Kier alpha value is -4.16. The molecule has 3 aromatic carbocycles. The van der Waals surface area contributed by atoms with Crippen LogP contribution in [0.25, 0.3) is 0 Å². The van der Waals surface area contributed by atoms with Gasteiger partial charge in [0, 0.05) is 22.2 Å². The first-order valence-corrected chi connectivity index (χ1v) is 10.1. The van der Waals surface area contributed by atoms with Gasteiger partial charge in [0.05, 0.1) is 10.8 Å². The average Bonchev–Trinajstić information content (AvgIpc) is 2.78. The zero-order valence-electron chi connectivity index (χ0n) is 16.3. The maximum atomic E-state index is 12.5. The van der Waals surface area contributed by atoms with E-state index in [9.17, 15) is 20.2 Å². The summed E-state index contributed by atoms with van der Waals surface area (Å²) in [5.74, 6) is -0.986. The number of hydrogen-bond acceptors (Lipinski definition) is 7. The molecule has 1 heterocycles. The van der Waals surface area contributed by atoms with Crippen molar-refractivity contribution in [3.63, 3.8) is 0 Å². The number of para-hydroxylation sites is 1. The lowest BCUT2D eigenvalue weighted by Gasteiger charge is -2.27. The van der Waals surface area contributed by atoms with E-state index in [0.717, 1.165) is 10.0 Å². The Morgan fingerprint density at radius 3 is 2.56 bits per heavy atom. The number of halogens is 1. The van der Waals surface area contributed by atoms with Gasteiger partial charge >= 0.3 is 5.97 Å². The number of benzene rings is 3. The second kappa shape index (κ2) is 8.53. The van der Waals surface area contributed by atoms with E-state index in [1.54, 1.807) is 6.07 Å². The van der Waals surface area contributed by atoms with Crippen LogP contribution in [-0.2, 0) is 0 Å². The van der Waals surface area contributed by atoms with E-state index in [1.165, 1.54) is 36.4 Å². The fourth-order valence-electron chi connectivity index (χ4n) is 3.50. The predicted molar refractivity (Wildman–Crippen MR) is 118 cm³/mol. The fourth-order valence-corrected chi connectivity index (χ4v) is 4.01. The quantitative estimate of drug-likeness (QED) is 0.240. The number of nitro groups is 1. The van der Waals surface area contributed by atoms with Crippen molar-refractivity contribution >= 4 is 27.6 Å². The summed E-state index contributed by atoms with van der Waals surface area (Å²) < 4.78 is 11.8. The van der Waals surface area contributed by atoms with Gasteiger partial charge in [-0.2, -0.15) is 5.26 Å². The van der Waals surface area contributed by atoms with Gasteiger partial charge in [0.1, 0.15) is 28.7 Å². The molecule has 158 valence electrons. The van der Waals surface area contributed by atoms with Gasteiger partial charge in [-0.15, -0.1) is 0 Å². The van der Waals surface area contributed by atoms with Crippen molar-refractivity contribution in [2.24, 2.45) is 5.73 Å². The summed E-state index contributed by atoms with van der Waals surface area (Å²) in [5, 5.41) is 20.9. The van der Waals surface area contributed by atoms with Crippen molar-refractivity contribution in [3.05, 3.63) is 109 Å².